The summed E-state index contributed by atoms with van der Waals surface area (Å²) in [7, 11) is 0. The van der Waals surface area contributed by atoms with Gasteiger partial charge in [-0.2, -0.15) is 0 Å². The van der Waals surface area contributed by atoms with Crippen molar-refractivity contribution in [3.8, 4) is 5.75 Å². The molecule has 3 aliphatic rings. The Labute approximate surface area is 298 Å². The Balaban J connectivity index is 2.08. The molecule has 51 heavy (non-hydrogen) atoms. The van der Waals surface area contributed by atoms with Crippen LogP contribution in [0.5, 0.6) is 5.75 Å². The molecular formula is C40H48N2O9. The van der Waals surface area contributed by atoms with Crippen LogP contribution in [-0.4, -0.2) is 67.8 Å². The quantitative estimate of drug-likeness (QED) is 0.210. The lowest BCUT2D eigenvalue weighted by Crippen LogP contribution is -2.37. The number of ketones is 4. The van der Waals surface area contributed by atoms with Crippen molar-refractivity contribution in [2.24, 2.45) is 23.5 Å². The molecule has 4 bridgehead atoms. The molecule has 1 aromatic rings. The minimum absolute atomic E-state index is 0.0835. The Bertz CT molecular complexity index is 1820. The van der Waals surface area contributed by atoms with Crippen LogP contribution in [-0.2, 0) is 9.59 Å². The number of hydrogen-bond acceptors (Lipinski definition) is 10. The highest BCUT2D eigenvalue weighted by Gasteiger charge is 2.38. The molecule has 6 atom stereocenters. The van der Waals surface area contributed by atoms with Crippen molar-refractivity contribution >= 4 is 29.0 Å². The molecule has 0 unspecified atom stereocenters. The first-order valence-corrected chi connectivity index (χ1v) is 16.8. The van der Waals surface area contributed by atoms with Gasteiger partial charge in [-0.15, -0.1) is 0 Å². The molecule has 11 heteroatoms. The number of phenols is 1. The summed E-state index contributed by atoms with van der Waals surface area (Å²) in [4.78, 5) is 66.8. The van der Waals surface area contributed by atoms with Gasteiger partial charge in [-0.25, -0.2) is 0 Å². The fraction of sp³-hybridized carbons (Fsp3) is 0.375. The minimum Gasteiger partial charge on any atom is -0.507 e. The van der Waals surface area contributed by atoms with Crippen LogP contribution in [0.2, 0.25) is 0 Å². The summed E-state index contributed by atoms with van der Waals surface area (Å²) in [6.45, 7) is 11.2. The molecule has 1 amide bonds. The van der Waals surface area contributed by atoms with Crippen molar-refractivity contribution in [1.29, 1.82) is 0 Å². The maximum absolute atomic E-state index is 13.8. The Morgan fingerprint density at radius 3 is 2.08 bits per heavy atom. The number of aliphatic hydroxyl groups is 3. The first kappa shape index (κ1) is 40.5. The van der Waals surface area contributed by atoms with E-state index in [9.17, 15) is 44.4 Å². The summed E-state index contributed by atoms with van der Waals surface area (Å²) in [6.07, 6.45) is 11.3. The number of aryl methyl sites for hydroxylation is 1. The van der Waals surface area contributed by atoms with Gasteiger partial charge in [-0.1, -0.05) is 75.5 Å². The normalized spacial score (nSPS) is 29.9. The van der Waals surface area contributed by atoms with Gasteiger partial charge in [0, 0.05) is 35.3 Å². The van der Waals surface area contributed by atoms with Gasteiger partial charge in [0.15, 0.2) is 11.6 Å². The average molecular weight is 701 g/mol. The van der Waals surface area contributed by atoms with E-state index >= 15 is 0 Å². The second-order valence-corrected chi connectivity index (χ2v) is 13.4. The van der Waals surface area contributed by atoms with E-state index in [1.165, 1.54) is 45.1 Å². The fourth-order valence-corrected chi connectivity index (χ4v) is 5.68. The van der Waals surface area contributed by atoms with Crippen molar-refractivity contribution in [2.75, 3.05) is 0 Å². The molecule has 1 aromatic carbocycles. The molecule has 272 valence electrons. The summed E-state index contributed by atoms with van der Waals surface area (Å²) >= 11 is 0. The lowest BCUT2D eigenvalue weighted by molar-refractivity contribution is -0.118. The molecule has 0 saturated carbocycles. The molecule has 4 rings (SSSR count). The highest BCUT2D eigenvalue weighted by molar-refractivity contribution is 6.31. The number of allylic oxidation sites excluding steroid dienone is 8. The number of rotatable bonds is 0. The average Bonchev–Trinajstić information content (AvgIpc) is 3.09. The number of phenolic OH excluding ortho intramolecular Hbond substituents is 1. The van der Waals surface area contributed by atoms with Gasteiger partial charge in [0.25, 0.3) is 5.91 Å². The molecular weight excluding hydrogens is 652 g/mol. The SMILES string of the molecule is CC1=CC=C/C=C/[C@H](C)[C@@H](O)CC(=O)/C(C)=C/C[C@H](O)/C=C/[C@H](C)[C@H](O)[C@@H](C)/C=C(\C)C(=O)c2c(O)c(C)cc3c2C(=O)C(N)=C(NC1=O)C3=O. The second-order valence-electron chi connectivity index (χ2n) is 13.4. The largest absolute Gasteiger partial charge is 0.507 e. The summed E-state index contributed by atoms with van der Waals surface area (Å²) < 4.78 is 0. The molecule has 2 aliphatic heterocycles. The van der Waals surface area contributed by atoms with E-state index in [-0.39, 0.29) is 52.4 Å². The van der Waals surface area contributed by atoms with Gasteiger partial charge >= 0.3 is 0 Å². The van der Waals surface area contributed by atoms with E-state index in [2.05, 4.69) is 5.32 Å². The third kappa shape index (κ3) is 9.63. The fourth-order valence-electron chi connectivity index (χ4n) is 5.68. The number of hydrogen-bond donors (Lipinski definition) is 6. The standard InChI is InChI=1S/C40H48N2O9/c1-20-11-9-8-10-12-23(4)40(51)42-34-33(41)39(50)31-28(38(34)49)18-26(7)37(48)32(31)36(47)25(6)17-24(5)35(46)22(3)14-16-27(43)15-13-21(2)30(45)19-29(20)44/h8-14,16-18,20,22,24,27,29,35,43-44,46,48H,15,19,41H2,1-7H3,(H,42,51)/b10-8?,11-9+,16-14+,21-13+,23-12?,25-17+/t20-,22-,24-,27-,29-,35-/m0/s1. The number of Topliss-reactive ketones (excluding diaryl/α,β-unsaturated/α-hetero) is 4. The van der Waals surface area contributed by atoms with E-state index in [0.717, 1.165) is 0 Å². The number of nitrogens with one attached hydrogen (secondary N) is 1. The van der Waals surface area contributed by atoms with Crippen LogP contribution < -0.4 is 11.1 Å². The molecule has 7 N–H and O–H groups in total. The van der Waals surface area contributed by atoms with Crippen molar-refractivity contribution in [3.05, 3.63) is 111 Å². The van der Waals surface area contributed by atoms with Crippen molar-refractivity contribution in [2.45, 2.75) is 79.6 Å². The second kappa shape index (κ2) is 17.3. The van der Waals surface area contributed by atoms with Crippen LogP contribution in [0.25, 0.3) is 0 Å². The molecule has 0 saturated heterocycles. The summed E-state index contributed by atoms with van der Waals surface area (Å²) in [5.41, 5.74) is 4.83. The van der Waals surface area contributed by atoms with Crippen molar-refractivity contribution in [1.82, 2.24) is 5.32 Å². The number of carbonyl (C=O) groups excluding carboxylic acids is 5. The Morgan fingerprint density at radius 1 is 0.745 bits per heavy atom. The maximum Gasteiger partial charge on any atom is 0.251 e. The molecule has 0 aromatic heterocycles. The zero-order valence-corrected chi connectivity index (χ0v) is 30.1. The predicted molar refractivity (Wildman–Crippen MR) is 194 cm³/mol. The summed E-state index contributed by atoms with van der Waals surface area (Å²) in [5.74, 6) is -5.44. The van der Waals surface area contributed by atoms with Crippen molar-refractivity contribution < 1.29 is 44.4 Å². The van der Waals surface area contributed by atoms with Gasteiger partial charge in [-0.3, -0.25) is 24.0 Å². The van der Waals surface area contributed by atoms with Crippen LogP contribution >= 0.6 is 0 Å². The molecule has 11 nitrogen and oxygen atoms in total. The summed E-state index contributed by atoms with van der Waals surface area (Å²) in [5, 5.41) is 45.6. The number of fused-ring (bicyclic) bond motifs is 18. The molecule has 0 radical (unpaired) electrons. The molecule has 2 heterocycles. The number of nitrogens with two attached hydrogens (primary N) is 1. The van der Waals surface area contributed by atoms with Gasteiger partial charge in [0.2, 0.25) is 11.6 Å². The van der Waals surface area contributed by atoms with Crippen LogP contribution in [0.3, 0.4) is 0 Å². The van der Waals surface area contributed by atoms with E-state index in [0.29, 0.717) is 5.57 Å². The van der Waals surface area contributed by atoms with E-state index in [4.69, 9.17) is 5.73 Å². The Kier molecular flexibility index (Phi) is 13.7. The molecule has 0 spiro atoms. The summed E-state index contributed by atoms with van der Waals surface area (Å²) in [6, 6.07) is 1.26. The lowest BCUT2D eigenvalue weighted by Gasteiger charge is -2.24. The van der Waals surface area contributed by atoms with E-state index in [1.807, 2.05) is 0 Å². The van der Waals surface area contributed by atoms with E-state index in [1.54, 1.807) is 64.2 Å². The Morgan fingerprint density at radius 2 is 1.41 bits per heavy atom. The number of carbonyl (C=O) groups is 5. The monoisotopic (exact) mass is 700 g/mol. The zero-order valence-electron chi connectivity index (χ0n) is 30.1. The van der Waals surface area contributed by atoms with Gasteiger partial charge in [0.05, 0.1) is 29.4 Å². The molecule has 1 aliphatic carbocycles. The third-order valence-electron chi connectivity index (χ3n) is 9.20. The Hall–Kier alpha value is -4.97. The van der Waals surface area contributed by atoms with Crippen LogP contribution in [0.15, 0.2) is 88.9 Å². The number of benzene rings is 1. The first-order valence-electron chi connectivity index (χ1n) is 16.8. The predicted octanol–water partition coefficient (Wildman–Crippen LogP) is 4.41. The number of aliphatic hydroxyl groups excluding tert-OH is 3. The molecule has 0 fully saturated rings. The first-order chi connectivity index (χ1) is 23.9. The zero-order chi connectivity index (χ0) is 38.3. The van der Waals surface area contributed by atoms with Crippen LogP contribution in [0.4, 0.5) is 0 Å². The lowest BCUT2D eigenvalue weighted by atomic mass is 9.82. The van der Waals surface area contributed by atoms with Crippen LogP contribution in [0.1, 0.15) is 91.0 Å². The highest BCUT2D eigenvalue weighted by atomic mass is 16.3. The van der Waals surface area contributed by atoms with E-state index < -0.39 is 76.1 Å². The maximum atomic E-state index is 13.8. The van der Waals surface area contributed by atoms with Gasteiger partial charge in [0.1, 0.15) is 17.1 Å². The van der Waals surface area contributed by atoms with Crippen LogP contribution in [0, 0.1) is 24.7 Å². The van der Waals surface area contributed by atoms with Gasteiger partial charge in [-0.05, 0) is 56.9 Å². The number of amides is 1. The third-order valence-corrected chi connectivity index (χ3v) is 9.20. The van der Waals surface area contributed by atoms with Crippen molar-refractivity contribution in [3.63, 3.8) is 0 Å². The topological polar surface area (TPSA) is 204 Å². The number of aromatic hydroxyl groups is 1. The minimum atomic E-state index is -1.01. The highest BCUT2D eigenvalue weighted by Crippen LogP contribution is 2.36. The van der Waals surface area contributed by atoms with Gasteiger partial charge < -0.3 is 31.5 Å². The smallest absolute Gasteiger partial charge is 0.251 e.